The van der Waals surface area contributed by atoms with E-state index in [1.165, 1.54) is 53.8 Å². The first-order valence-corrected chi connectivity index (χ1v) is 15.8. The number of Topliss-reactive ketones (excluding diaryl/α,β-unsaturated/α-hetero) is 1. The van der Waals surface area contributed by atoms with E-state index < -0.39 is 47.9 Å². The van der Waals surface area contributed by atoms with Gasteiger partial charge in [0, 0.05) is 20.8 Å². The van der Waals surface area contributed by atoms with Gasteiger partial charge in [-0.25, -0.2) is 9.80 Å². The van der Waals surface area contributed by atoms with E-state index in [1.807, 2.05) is 0 Å². The Balaban J connectivity index is 1.41. The number of thiophene rings is 1. The quantitative estimate of drug-likeness (QED) is 0.0909. The number of ketones is 1. The minimum absolute atomic E-state index is 0.0336. The van der Waals surface area contributed by atoms with Crippen LogP contribution in [0.2, 0.25) is 10.0 Å². The number of alkyl halides is 2. The molecular formula is C28H20Br2Cl2N2O6S. The van der Waals surface area contributed by atoms with Crippen LogP contribution in [0.3, 0.4) is 0 Å². The first-order valence-electron chi connectivity index (χ1n) is 12.4. The third kappa shape index (κ3) is 6.15. The molecule has 0 radical (unpaired) electrons. The number of rotatable bonds is 7. The van der Waals surface area contributed by atoms with Gasteiger partial charge in [0.25, 0.3) is 17.7 Å². The topological polar surface area (TPSA) is 101 Å². The van der Waals surface area contributed by atoms with Crippen LogP contribution in [-0.2, 0) is 9.59 Å². The molecule has 1 saturated carbocycles. The highest BCUT2D eigenvalue weighted by Crippen LogP contribution is 2.43. The molecule has 41 heavy (non-hydrogen) atoms. The van der Waals surface area contributed by atoms with E-state index in [0.29, 0.717) is 17.7 Å². The highest BCUT2D eigenvalue weighted by molar-refractivity contribution is 9.12. The van der Waals surface area contributed by atoms with Crippen molar-refractivity contribution in [1.82, 2.24) is 10.0 Å². The molecule has 2 fully saturated rings. The Kier molecular flexibility index (Phi) is 9.01. The van der Waals surface area contributed by atoms with Gasteiger partial charge in [-0.05, 0) is 66.8 Å². The second-order valence-corrected chi connectivity index (χ2v) is 13.6. The van der Waals surface area contributed by atoms with Gasteiger partial charge in [0.2, 0.25) is 0 Å². The highest BCUT2D eigenvalue weighted by Gasteiger charge is 2.54. The summed E-state index contributed by atoms with van der Waals surface area (Å²) >= 11 is 20.5. The average Bonchev–Trinajstić information content (AvgIpc) is 3.57. The molecule has 2 aromatic carbocycles. The third-order valence-electron chi connectivity index (χ3n) is 6.93. The molecule has 5 rings (SSSR count). The Hall–Kier alpha value is -2.57. The number of hydrogen-bond acceptors (Lipinski definition) is 7. The fourth-order valence-electron chi connectivity index (χ4n) is 4.82. The fraction of sp³-hybridized carbons (Fsp3) is 0.250. The van der Waals surface area contributed by atoms with Crippen molar-refractivity contribution in [2.75, 3.05) is 6.54 Å². The molecule has 0 spiro atoms. The van der Waals surface area contributed by atoms with E-state index in [0.717, 1.165) is 10.0 Å². The van der Waals surface area contributed by atoms with E-state index in [9.17, 15) is 24.0 Å². The molecule has 212 valence electrons. The number of ether oxygens (including phenoxy) is 1. The molecule has 3 amide bonds. The van der Waals surface area contributed by atoms with Gasteiger partial charge < -0.3 is 4.74 Å². The van der Waals surface area contributed by atoms with Crippen molar-refractivity contribution < 1.29 is 28.7 Å². The zero-order valence-corrected chi connectivity index (χ0v) is 26.5. The van der Waals surface area contributed by atoms with E-state index in [-0.39, 0.29) is 36.6 Å². The average molecular weight is 743 g/mol. The summed E-state index contributed by atoms with van der Waals surface area (Å²) in [7, 11) is 0. The lowest BCUT2D eigenvalue weighted by molar-refractivity contribution is -0.154. The molecule has 8 nitrogen and oxygen atoms in total. The molecule has 2 heterocycles. The van der Waals surface area contributed by atoms with Crippen molar-refractivity contribution in [3.63, 3.8) is 0 Å². The number of halogens is 4. The Labute approximate surface area is 265 Å². The molecule has 1 aliphatic heterocycles. The zero-order valence-electron chi connectivity index (χ0n) is 21.0. The predicted molar refractivity (Wildman–Crippen MR) is 161 cm³/mol. The second kappa shape index (κ2) is 12.3. The maximum absolute atomic E-state index is 13.7. The van der Waals surface area contributed by atoms with Crippen LogP contribution in [-0.4, -0.2) is 55.7 Å². The van der Waals surface area contributed by atoms with Crippen molar-refractivity contribution in [2.24, 2.45) is 11.8 Å². The molecule has 0 bridgehead atoms. The summed E-state index contributed by atoms with van der Waals surface area (Å²) in [5.41, 5.74) is 0.237. The van der Waals surface area contributed by atoms with Gasteiger partial charge in [0.1, 0.15) is 17.2 Å². The lowest BCUT2D eigenvalue weighted by atomic mass is 9.81. The number of hydrazine groups is 1. The summed E-state index contributed by atoms with van der Waals surface area (Å²) in [6, 6.07) is 13.3. The number of fused-ring (bicyclic) bond motifs is 1. The molecule has 0 unspecified atom stereocenters. The van der Waals surface area contributed by atoms with Gasteiger partial charge in [0.05, 0.1) is 21.9 Å². The van der Waals surface area contributed by atoms with Crippen LogP contribution < -0.4 is 4.74 Å². The smallest absolute Gasteiger partial charge is 0.353 e. The van der Waals surface area contributed by atoms with Gasteiger partial charge in [-0.2, -0.15) is 5.01 Å². The summed E-state index contributed by atoms with van der Waals surface area (Å²) < 4.78 is 5.34. The van der Waals surface area contributed by atoms with Gasteiger partial charge >= 0.3 is 5.97 Å². The molecular weight excluding hydrogens is 723 g/mol. The minimum Gasteiger partial charge on any atom is -0.422 e. The van der Waals surface area contributed by atoms with Crippen LogP contribution in [0.4, 0.5) is 0 Å². The van der Waals surface area contributed by atoms with E-state index in [2.05, 4.69) is 31.9 Å². The molecule has 1 saturated heterocycles. The van der Waals surface area contributed by atoms with E-state index in [4.69, 9.17) is 27.9 Å². The molecule has 1 aliphatic carbocycles. The van der Waals surface area contributed by atoms with Gasteiger partial charge in [0.15, 0.2) is 5.78 Å². The van der Waals surface area contributed by atoms with Crippen LogP contribution in [0.25, 0.3) is 0 Å². The third-order valence-corrected chi connectivity index (χ3v) is 11.3. The lowest BCUT2D eigenvalue weighted by Gasteiger charge is -2.30. The summed E-state index contributed by atoms with van der Waals surface area (Å²) in [4.78, 5) is 66.8. The molecule has 13 heteroatoms. The van der Waals surface area contributed by atoms with Crippen LogP contribution in [0.15, 0.2) is 60.0 Å². The summed E-state index contributed by atoms with van der Waals surface area (Å²) in [6.45, 7) is -0.597. The molecule has 3 aromatic rings. The van der Waals surface area contributed by atoms with Crippen molar-refractivity contribution in [1.29, 1.82) is 0 Å². The zero-order chi connectivity index (χ0) is 29.4. The number of imide groups is 1. The maximum atomic E-state index is 13.7. The number of carbonyl (C=O) groups excluding carboxylic acids is 5. The number of esters is 1. The first-order chi connectivity index (χ1) is 19.5. The predicted octanol–water partition coefficient (Wildman–Crippen LogP) is 6.44. The minimum atomic E-state index is -0.760. The number of carbonyl (C=O) groups is 5. The highest BCUT2D eigenvalue weighted by atomic mass is 79.9. The lowest BCUT2D eigenvalue weighted by Crippen LogP contribution is -2.52. The van der Waals surface area contributed by atoms with E-state index in [1.54, 1.807) is 17.5 Å². The van der Waals surface area contributed by atoms with Crippen molar-refractivity contribution in [3.05, 3.63) is 86.0 Å². The molecule has 0 N–H and O–H groups in total. The van der Waals surface area contributed by atoms with Crippen molar-refractivity contribution >= 4 is 95.9 Å². The maximum Gasteiger partial charge on any atom is 0.353 e. The normalized spacial score (nSPS) is 21.9. The largest absolute Gasteiger partial charge is 0.422 e. The van der Waals surface area contributed by atoms with Crippen LogP contribution >= 0.6 is 66.4 Å². The summed E-state index contributed by atoms with van der Waals surface area (Å²) in [5.74, 6) is -3.93. The first kappa shape index (κ1) is 29.9. The second-order valence-electron chi connectivity index (χ2n) is 9.51. The fourth-order valence-corrected chi connectivity index (χ4v) is 6.95. The Morgan fingerprint density at radius 1 is 0.902 bits per heavy atom. The van der Waals surface area contributed by atoms with Crippen LogP contribution in [0, 0.1) is 11.8 Å². The van der Waals surface area contributed by atoms with Gasteiger partial charge in [-0.3, -0.25) is 19.2 Å². The van der Waals surface area contributed by atoms with Crippen LogP contribution in [0.5, 0.6) is 5.75 Å². The summed E-state index contributed by atoms with van der Waals surface area (Å²) in [5, 5.41) is 3.76. The molecule has 2 aliphatic rings. The van der Waals surface area contributed by atoms with Crippen molar-refractivity contribution in [2.45, 2.75) is 22.5 Å². The Morgan fingerprint density at radius 3 is 2.07 bits per heavy atom. The standard InChI is InChI=1S/C28H20Br2Cl2N2O6S/c29-19-11-17-18(12-20(19)30)27(38)34(26(17)37)33(25(36)15-5-8-21(31)22(32)10-15)13-23(35)14-3-6-16(7-4-14)40-28(39)24-2-1-9-41-24/h1-10,17-20H,11-13H2/t17-,18-,19-,20+/m1/s1. The van der Waals surface area contributed by atoms with Gasteiger partial charge in [-0.15, -0.1) is 11.3 Å². The number of hydrogen-bond donors (Lipinski definition) is 0. The number of amides is 3. The van der Waals surface area contributed by atoms with Crippen molar-refractivity contribution in [3.8, 4) is 5.75 Å². The SMILES string of the molecule is O=C(CN(C(=O)c1ccc(Cl)c(Cl)c1)N1C(=O)[C@@H]2C[C@@H](Br)[C@@H](Br)C[C@H]2C1=O)c1ccc(OC(=O)c2cccs2)cc1. The Bertz CT molecular complexity index is 1510. The number of benzene rings is 2. The van der Waals surface area contributed by atoms with E-state index >= 15 is 0 Å². The molecule has 1 aromatic heterocycles. The summed E-state index contributed by atoms with van der Waals surface area (Å²) in [6.07, 6.45) is 0.798. The van der Waals surface area contributed by atoms with Crippen LogP contribution in [0.1, 0.15) is 43.2 Å². The van der Waals surface area contributed by atoms with Gasteiger partial charge in [-0.1, -0.05) is 61.1 Å². The molecule has 4 atom stereocenters. The number of nitrogens with zero attached hydrogens (tertiary/aromatic N) is 2. The Morgan fingerprint density at radius 2 is 1.51 bits per heavy atom. The monoisotopic (exact) mass is 740 g/mol.